The SMILES string of the molecule is CCOC(=O)C=CC=C(C)C=CC1C(C)C(=O)CCC1(C)C(=O)OCC. The van der Waals surface area contributed by atoms with Crippen molar-refractivity contribution in [2.75, 3.05) is 13.2 Å². The number of hydrogen-bond donors (Lipinski definition) is 0. The monoisotopic (exact) mass is 362 g/mol. The first kappa shape index (κ1) is 21.9. The van der Waals surface area contributed by atoms with Gasteiger partial charge in [0.1, 0.15) is 5.78 Å². The van der Waals surface area contributed by atoms with Gasteiger partial charge in [-0.3, -0.25) is 9.59 Å². The molecule has 5 nitrogen and oxygen atoms in total. The lowest BCUT2D eigenvalue weighted by Gasteiger charge is -2.40. The molecule has 144 valence electrons. The van der Waals surface area contributed by atoms with Gasteiger partial charge in [0, 0.05) is 24.3 Å². The van der Waals surface area contributed by atoms with Crippen molar-refractivity contribution < 1.29 is 23.9 Å². The van der Waals surface area contributed by atoms with Gasteiger partial charge in [0.25, 0.3) is 0 Å². The summed E-state index contributed by atoms with van der Waals surface area (Å²) < 4.78 is 10.1. The van der Waals surface area contributed by atoms with E-state index in [9.17, 15) is 14.4 Å². The zero-order valence-electron chi connectivity index (χ0n) is 16.4. The molecule has 3 unspecified atom stereocenters. The molecule has 0 aromatic rings. The standard InChI is InChI=1S/C21H30O5/c1-6-25-19(23)10-8-9-15(3)11-12-17-16(4)18(22)13-14-21(17,5)20(24)26-7-2/h8-12,16-17H,6-7,13-14H2,1-5H3. The second-order valence-electron chi connectivity index (χ2n) is 6.80. The average molecular weight is 362 g/mol. The highest BCUT2D eigenvalue weighted by atomic mass is 16.5. The van der Waals surface area contributed by atoms with Crippen molar-refractivity contribution in [3.05, 3.63) is 36.0 Å². The minimum atomic E-state index is -0.707. The number of hydrogen-bond acceptors (Lipinski definition) is 5. The topological polar surface area (TPSA) is 69.7 Å². The fourth-order valence-electron chi connectivity index (χ4n) is 3.22. The number of esters is 2. The van der Waals surface area contributed by atoms with Crippen molar-refractivity contribution in [1.82, 2.24) is 0 Å². The zero-order valence-corrected chi connectivity index (χ0v) is 16.4. The molecule has 1 rings (SSSR count). The normalized spacial score (nSPS) is 27.1. The van der Waals surface area contributed by atoms with Gasteiger partial charge in [-0.05, 0) is 34.1 Å². The van der Waals surface area contributed by atoms with E-state index in [4.69, 9.17) is 9.47 Å². The molecule has 0 bridgehead atoms. The first-order chi connectivity index (χ1) is 12.3. The summed E-state index contributed by atoms with van der Waals surface area (Å²) in [7, 11) is 0. The van der Waals surface area contributed by atoms with Crippen molar-refractivity contribution in [3.8, 4) is 0 Å². The number of carbonyl (C=O) groups excluding carboxylic acids is 3. The van der Waals surface area contributed by atoms with Gasteiger partial charge in [0.15, 0.2) is 0 Å². The van der Waals surface area contributed by atoms with E-state index in [1.807, 2.05) is 32.9 Å². The van der Waals surface area contributed by atoms with Gasteiger partial charge < -0.3 is 9.47 Å². The van der Waals surface area contributed by atoms with Crippen LogP contribution in [0.15, 0.2) is 36.0 Å². The van der Waals surface area contributed by atoms with Crippen molar-refractivity contribution in [3.63, 3.8) is 0 Å². The minimum absolute atomic E-state index is 0.172. The van der Waals surface area contributed by atoms with E-state index in [0.29, 0.717) is 26.1 Å². The van der Waals surface area contributed by atoms with Crippen LogP contribution in [0, 0.1) is 17.3 Å². The van der Waals surface area contributed by atoms with Crippen molar-refractivity contribution >= 4 is 17.7 Å². The number of ketones is 1. The second-order valence-corrected chi connectivity index (χ2v) is 6.80. The van der Waals surface area contributed by atoms with E-state index in [1.54, 1.807) is 26.0 Å². The Labute approximate surface area is 156 Å². The smallest absolute Gasteiger partial charge is 0.330 e. The lowest BCUT2D eigenvalue weighted by Crippen LogP contribution is -2.45. The van der Waals surface area contributed by atoms with Crippen LogP contribution in [-0.2, 0) is 23.9 Å². The van der Waals surface area contributed by atoms with Crippen LogP contribution in [0.4, 0.5) is 0 Å². The molecule has 1 fully saturated rings. The Morgan fingerprint density at radius 2 is 1.85 bits per heavy atom. The summed E-state index contributed by atoms with van der Waals surface area (Å²) in [5.74, 6) is -0.928. The third-order valence-corrected chi connectivity index (χ3v) is 4.86. The summed E-state index contributed by atoms with van der Waals surface area (Å²) in [4.78, 5) is 35.9. The Morgan fingerprint density at radius 3 is 2.46 bits per heavy atom. The average Bonchev–Trinajstić information content (AvgIpc) is 2.59. The van der Waals surface area contributed by atoms with Crippen LogP contribution < -0.4 is 0 Å². The molecule has 0 heterocycles. The zero-order chi connectivity index (χ0) is 19.7. The molecule has 3 atom stereocenters. The van der Waals surface area contributed by atoms with Crippen LogP contribution in [0.25, 0.3) is 0 Å². The molecule has 5 heteroatoms. The van der Waals surface area contributed by atoms with Gasteiger partial charge in [0.2, 0.25) is 0 Å². The lowest BCUT2D eigenvalue weighted by atomic mass is 9.62. The number of allylic oxidation sites excluding steroid dienone is 5. The molecule has 0 aromatic heterocycles. The second kappa shape index (κ2) is 10.1. The minimum Gasteiger partial charge on any atom is -0.466 e. The van der Waals surface area contributed by atoms with E-state index in [-0.39, 0.29) is 29.6 Å². The van der Waals surface area contributed by atoms with Crippen LogP contribution in [0.5, 0.6) is 0 Å². The first-order valence-corrected chi connectivity index (χ1v) is 9.16. The van der Waals surface area contributed by atoms with E-state index in [2.05, 4.69) is 0 Å². The summed E-state index contributed by atoms with van der Waals surface area (Å²) in [6.45, 7) is 9.84. The summed E-state index contributed by atoms with van der Waals surface area (Å²) in [6, 6.07) is 0. The van der Waals surface area contributed by atoms with Crippen molar-refractivity contribution in [1.29, 1.82) is 0 Å². The maximum absolute atomic E-state index is 12.5. The summed E-state index contributed by atoms with van der Waals surface area (Å²) in [5, 5.41) is 0. The van der Waals surface area contributed by atoms with Crippen molar-refractivity contribution in [2.24, 2.45) is 17.3 Å². The Kier molecular flexibility index (Phi) is 8.49. The molecule has 0 amide bonds. The maximum Gasteiger partial charge on any atom is 0.330 e. The van der Waals surface area contributed by atoms with Gasteiger partial charge in [-0.1, -0.05) is 36.8 Å². The quantitative estimate of drug-likeness (QED) is 0.391. The number of carbonyl (C=O) groups is 3. The molecule has 26 heavy (non-hydrogen) atoms. The van der Waals surface area contributed by atoms with Gasteiger partial charge in [-0.15, -0.1) is 0 Å². The number of Topliss-reactive ketones (excluding diaryl/α,β-unsaturated/α-hetero) is 1. The van der Waals surface area contributed by atoms with Crippen LogP contribution >= 0.6 is 0 Å². The van der Waals surface area contributed by atoms with Gasteiger partial charge in [-0.2, -0.15) is 0 Å². The van der Waals surface area contributed by atoms with Crippen LogP contribution in [0.1, 0.15) is 47.5 Å². The highest BCUT2D eigenvalue weighted by Crippen LogP contribution is 2.44. The molecule has 0 spiro atoms. The Morgan fingerprint density at radius 1 is 1.19 bits per heavy atom. The van der Waals surface area contributed by atoms with Crippen LogP contribution in [-0.4, -0.2) is 30.9 Å². The predicted octanol–water partition coefficient (Wildman–Crippen LogP) is 3.79. The number of ether oxygens (including phenoxy) is 2. The van der Waals surface area contributed by atoms with Crippen LogP contribution in [0.2, 0.25) is 0 Å². The first-order valence-electron chi connectivity index (χ1n) is 9.16. The molecule has 1 aliphatic rings. The summed E-state index contributed by atoms with van der Waals surface area (Å²) >= 11 is 0. The highest BCUT2D eigenvalue weighted by Gasteiger charge is 2.48. The Hall–Kier alpha value is -2.17. The molecule has 0 radical (unpaired) electrons. The predicted molar refractivity (Wildman–Crippen MR) is 100 cm³/mol. The van der Waals surface area contributed by atoms with Gasteiger partial charge in [0.05, 0.1) is 18.6 Å². The largest absolute Gasteiger partial charge is 0.466 e. The summed E-state index contributed by atoms with van der Waals surface area (Å²) in [6.07, 6.45) is 9.46. The molecule has 0 saturated heterocycles. The van der Waals surface area contributed by atoms with E-state index < -0.39 is 5.41 Å². The molecular weight excluding hydrogens is 332 g/mol. The van der Waals surface area contributed by atoms with Gasteiger partial charge >= 0.3 is 11.9 Å². The maximum atomic E-state index is 12.5. The molecule has 0 N–H and O–H groups in total. The van der Waals surface area contributed by atoms with Crippen molar-refractivity contribution in [2.45, 2.75) is 47.5 Å². The molecule has 1 aliphatic carbocycles. The van der Waals surface area contributed by atoms with Crippen LogP contribution in [0.3, 0.4) is 0 Å². The third kappa shape index (κ3) is 5.68. The van der Waals surface area contributed by atoms with E-state index >= 15 is 0 Å². The molecular formula is C21H30O5. The van der Waals surface area contributed by atoms with E-state index in [0.717, 1.165) is 5.57 Å². The fourth-order valence-corrected chi connectivity index (χ4v) is 3.22. The Bertz CT molecular complexity index is 614. The lowest BCUT2D eigenvalue weighted by molar-refractivity contribution is -0.161. The molecule has 0 aromatic carbocycles. The highest BCUT2D eigenvalue weighted by molar-refractivity contribution is 5.87. The molecule has 1 saturated carbocycles. The third-order valence-electron chi connectivity index (χ3n) is 4.86. The number of rotatable bonds is 7. The Balaban J connectivity index is 2.95. The fraction of sp³-hybridized carbons (Fsp3) is 0.571. The molecule has 0 aliphatic heterocycles. The summed E-state index contributed by atoms with van der Waals surface area (Å²) in [5.41, 5.74) is 0.197. The van der Waals surface area contributed by atoms with E-state index in [1.165, 1.54) is 6.08 Å². The van der Waals surface area contributed by atoms with Gasteiger partial charge in [-0.25, -0.2) is 4.79 Å².